The van der Waals surface area contributed by atoms with E-state index < -0.39 is 0 Å². The van der Waals surface area contributed by atoms with Crippen molar-refractivity contribution in [1.82, 2.24) is 9.88 Å². The Hall–Kier alpha value is -1.98. The normalized spacial score (nSPS) is 18.6. The van der Waals surface area contributed by atoms with Crippen LogP contribution in [0.3, 0.4) is 0 Å². The van der Waals surface area contributed by atoms with Crippen LogP contribution in [0.25, 0.3) is 10.9 Å². The summed E-state index contributed by atoms with van der Waals surface area (Å²) in [5.74, 6) is -0.0421. The molecule has 24 heavy (non-hydrogen) atoms. The number of pyridine rings is 1. The predicted octanol–water partition coefficient (Wildman–Crippen LogP) is 2.19. The van der Waals surface area contributed by atoms with Crippen LogP contribution in [-0.2, 0) is 11.2 Å². The minimum atomic E-state index is -0.0307. The summed E-state index contributed by atoms with van der Waals surface area (Å²) in [5.41, 5.74) is 3.56. The van der Waals surface area contributed by atoms with Crippen LogP contribution in [0, 0.1) is 12.8 Å². The molecular formula is C19H24N2O3. The Balaban J connectivity index is 2.01. The van der Waals surface area contributed by atoms with Gasteiger partial charge in [0.2, 0.25) is 0 Å². The fourth-order valence-electron chi connectivity index (χ4n) is 3.15. The Bertz CT molecular complexity index is 745. The molecule has 1 saturated heterocycles. The Morgan fingerprint density at radius 1 is 1.42 bits per heavy atom. The molecule has 0 spiro atoms. The van der Waals surface area contributed by atoms with Gasteiger partial charge in [-0.1, -0.05) is 13.0 Å². The first-order valence-electron chi connectivity index (χ1n) is 8.50. The number of carbonyl (C=O) groups excluding carboxylic acids is 1. The molecule has 1 fully saturated rings. The van der Waals surface area contributed by atoms with Gasteiger partial charge in [0, 0.05) is 36.7 Å². The lowest BCUT2D eigenvalue weighted by atomic mass is 10.0. The Morgan fingerprint density at radius 2 is 2.25 bits per heavy atom. The summed E-state index contributed by atoms with van der Waals surface area (Å²) in [6.07, 6.45) is 0.918. The van der Waals surface area contributed by atoms with Crippen molar-refractivity contribution in [3.63, 3.8) is 0 Å². The number of aliphatic hydroxyl groups is 1. The topological polar surface area (TPSA) is 62.7 Å². The second-order valence-electron chi connectivity index (χ2n) is 6.39. The standard InChI is InChI=1S/C19H24N2O3/c1-3-14-4-5-18-16(9-14)17(8-13(2)20-18)19(23)21-6-7-24-12-15(10-21)11-22/h4-5,8-9,15,22H,3,6-7,10-12H2,1-2H3/t15-/m1/s1. The molecule has 1 N–H and O–H groups in total. The van der Waals surface area contributed by atoms with Gasteiger partial charge < -0.3 is 14.7 Å². The average Bonchev–Trinajstić information content (AvgIpc) is 2.85. The van der Waals surface area contributed by atoms with Gasteiger partial charge in [-0.15, -0.1) is 0 Å². The average molecular weight is 328 g/mol. The van der Waals surface area contributed by atoms with E-state index in [2.05, 4.69) is 24.0 Å². The third-order valence-electron chi connectivity index (χ3n) is 4.52. The van der Waals surface area contributed by atoms with E-state index in [0.717, 1.165) is 23.0 Å². The van der Waals surface area contributed by atoms with E-state index in [-0.39, 0.29) is 18.4 Å². The SMILES string of the molecule is CCc1ccc2nc(C)cc(C(=O)N3CCOC[C@@H](CO)C3)c2c1. The third kappa shape index (κ3) is 3.42. The molecule has 0 radical (unpaired) electrons. The molecule has 1 aromatic heterocycles. The van der Waals surface area contributed by atoms with Crippen molar-refractivity contribution in [2.45, 2.75) is 20.3 Å². The molecule has 1 aromatic carbocycles. The van der Waals surface area contributed by atoms with E-state index in [1.54, 1.807) is 4.90 Å². The van der Waals surface area contributed by atoms with Crippen molar-refractivity contribution in [2.75, 3.05) is 32.9 Å². The van der Waals surface area contributed by atoms with Gasteiger partial charge in [0.1, 0.15) is 0 Å². The number of fused-ring (bicyclic) bond motifs is 1. The Labute approximate surface area is 142 Å². The van der Waals surface area contributed by atoms with Crippen LogP contribution < -0.4 is 0 Å². The zero-order chi connectivity index (χ0) is 17.1. The van der Waals surface area contributed by atoms with Gasteiger partial charge in [-0.25, -0.2) is 0 Å². The molecule has 5 heteroatoms. The van der Waals surface area contributed by atoms with Gasteiger partial charge >= 0.3 is 0 Å². The summed E-state index contributed by atoms with van der Waals surface area (Å²) < 4.78 is 5.50. The lowest BCUT2D eigenvalue weighted by molar-refractivity contribution is 0.0730. The van der Waals surface area contributed by atoms with Gasteiger partial charge in [-0.05, 0) is 37.1 Å². The number of carbonyl (C=O) groups is 1. The molecule has 1 aliphatic heterocycles. The number of aryl methyl sites for hydroxylation is 2. The molecule has 1 atom stereocenters. The highest BCUT2D eigenvalue weighted by atomic mass is 16.5. The first kappa shape index (κ1) is 16.9. The number of aliphatic hydroxyl groups excluding tert-OH is 1. The largest absolute Gasteiger partial charge is 0.396 e. The van der Waals surface area contributed by atoms with Gasteiger partial charge in [0.25, 0.3) is 5.91 Å². The first-order valence-corrected chi connectivity index (χ1v) is 8.50. The molecule has 2 aromatic rings. The number of ether oxygens (including phenoxy) is 1. The van der Waals surface area contributed by atoms with Crippen LogP contribution in [0.15, 0.2) is 24.3 Å². The molecule has 0 unspecified atom stereocenters. The van der Waals surface area contributed by atoms with E-state index >= 15 is 0 Å². The van der Waals surface area contributed by atoms with Gasteiger partial charge in [-0.2, -0.15) is 0 Å². The minimum absolute atomic E-state index is 0.0114. The molecule has 5 nitrogen and oxygen atoms in total. The minimum Gasteiger partial charge on any atom is -0.396 e. The zero-order valence-electron chi connectivity index (χ0n) is 14.3. The van der Waals surface area contributed by atoms with Crippen LogP contribution in [-0.4, -0.2) is 53.8 Å². The first-order chi connectivity index (χ1) is 11.6. The van der Waals surface area contributed by atoms with Crippen molar-refractivity contribution < 1.29 is 14.6 Å². The highest BCUT2D eigenvalue weighted by Crippen LogP contribution is 2.23. The number of benzene rings is 1. The van der Waals surface area contributed by atoms with E-state index in [1.165, 1.54) is 5.56 Å². The molecule has 1 aliphatic rings. The van der Waals surface area contributed by atoms with Gasteiger partial charge in [0.15, 0.2) is 0 Å². The second-order valence-corrected chi connectivity index (χ2v) is 6.39. The molecular weight excluding hydrogens is 304 g/mol. The number of aromatic nitrogens is 1. The van der Waals surface area contributed by atoms with Gasteiger partial charge in [-0.3, -0.25) is 9.78 Å². The van der Waals surface area contributed by atoms with E-state index in [1.807, 2.05) is 19.1 Å². The third-order valence-corrected chi connectivity index (χ3v) is 4.52. The summed E-state index contributed by atoms with van der Waals surface area (Å²) >= 11 is 0. The predicted molar refractivity (Wildman–Crippen MR) is 93.2 cm³/mol. The number of nitrogens with zero attached hydrogens (tertiary/aromatic N) is 2. The zero-order valence-corrected chi connectivity index (χ0v) is 14.3. The maximum Gasteiger partial charge on any atom is 0.254 e. The second kappa shape index (κ2) is 7.28. The molecule has 1 amide bonds. The van der Waals surface area contributed by atoms with Crippen LogP contribution in [0.4, 0.5) is 0 Å². The fraction of sp³-hybridized carbons (Fsp3) is 0.474. The summed E-state index contributed by atoms with van der Waals surface area (Å²) in [6, 6.07) is 7.97. The van der Waals surface area contributed by atoms with Crippen LogP contribution in [0.2, 0.25) is 0 Å². The molecule has 128 valence electrons. The fourth-order valence-corrected chi connectivity index (χ4v) is 3.15. The summed E-state index contributed by atoms with van der Waals surface area (Å²) in [6.45, 7) is 6.10. The molecule has 0 aliphatic carbocycles. The van der Waals surface area contributed by atoms with E-state index in [9.17, 15) is 9.90 Å². The van der Waals surface area contributed by atoms with Crippen molar-refractivity contribution in [3.8, 4) is 0 Å². The smallest absolute Gasteiger partial charge is 0.254 e. The molecule has 0 saturated carbocycles. The maximum atomic E-state index is 13.1. The number of amides is 1. The van der Waals surface area contributed by atoms with Gasteiger partial charge in [0.05, 0.1) is 24.3 Å². The monoisotopic (exact) mass is 328 g/mol. The van der Waals surface area contributed by atoms with Crippen LogP contribution in [0.1, 0.15) is 28.5 Å². The quantitative estimate of drug-likeness (QED) is 0.938. The Morgan fingerprint density at radius 3 is 3.00 bits per heavy atom. The molecule has 0 bridgehead atoms. The highest BCUT2D eigenvalue weighted by molar-refractivity contribution is 6.06. The van der Waals surface area contributed by atoms with Crippen LogP contribution in [0.5, 0.6) is 0 Å². The van der Waals surface area contributed by atoms with E-state index in [0.29, 0.717) is 31.9 Å². The summed E-state index contributed by atoms with van der Waals surface area (Å²) in [4.78, 5) is 19.5. The van der Waals surface area contributed by atoms with Crippen LogP contribution >= 0.6 is 0 Å². The van der Waals surface area contributed by atoms with Crippen molar-refractivity contribution >= 4 is 16.8 Å². The number of hydrogen-bond acceptors (Lipinski definition) is 4. The Kier molecular flexibility index (Phi) is 5.11. The van der Waals surface area contributed by atoms with Crippen molar-refractivity contribution in [2.24, 2.45) is 5.92 Å². The lowest BCUT2D eigenvalue weighted by Crippen LogP contribution is -2.37. The summed E-state index contributed by atoms with van der Waals surface area (Å²) in [7, 11) is 0. The summed E-state index contributed by atoms with van der Waals surface area (Å²) in [5, 5.41) is 10.3. The van der Waals surface area contributed by atoms with Crippen molar-refractivity contribution in [1.29, 1.82) is 0 Å². The maximum absolute atomic E-state index is 13.1. The molecule has 3 rings (SSSR count). The number of hydrogen-bond donors (Lipinski definition) is 1. The van der Waals surface area contributed by atoms with Crippen molar-refractivity contribution in [3.05, 3.63) is 41.1 Å². The molecule has 2 heterocycles. The number of rotatable bonds is 3. The highest BCUT2D eigenvalue weighted by Gasteiger charge is 2.24. The van der Waals surface area contributed by atoms with E-state index in [4.69, 9.17) is 4.74 Å². The lowest BCUT2D eigenvalue weighted by Gasteiger charge is -2.23.